The molecule has 5 rings (SSSR count). The van der Waals surface area contributed by atoms with E-state index < -0.39 is 0 Å². The molecule has 0 unspecified atom stereocenters. The molecule has 1 aliphatic heterocycles. The van der Waals surface area contributed by atoms with Crippen molar-refractivity contribution in [3.05, 3.63) is 49.0 Å². The summed E-state index contributed by atoms with van der Waals surface area (Å²) in [6, 6.07) is 9.17. The van der Waals surface area contributed by atoms with Gasteiger partial charge >= 0.3 is 5.84 Å². The van der Waals surface area contributed by atoms with Crippen LogP contribution in [0.25, 0.3) is 28.5 Å². The first-order valence-electron chi connectivity index (χ1n) is 9.33. The number of piperidine rings is 1. The number of hydrogen-bond donors (Lipinski definition) is 3. The summed E-state index contributed by atoms with van der Waals surface area (Å²) in [6.45, 7) is 1.96. The molecule has 3 aromatic heterocycles. The first-order valence-corrected chi connectivity index (χ1v) is 9.33. The van der Waals surface area contributed by atoms with E-state index in [4.69, 9.17) is 9.40 Å². The van der Waals surface area contributed by atoms with Gasteiger partial charge in [-0.1, -0.05) is 12.1 Å². The minimum Gasteiger partial charge on any atom is -0.508 e. The van der Waals surface area contributed by atoms with Gasteiger partial charge in [-0.2, -0.15) is 4.98 Å². The number of benzene rings is 1. The van der Waals surface area contributed by atoms with Crippen molar-refractivity contribution in [2.45, 2.75) is 18.9 Å². The zero-order chi connectivity index (χ0) is 18.9. The Morgan fingerprint density at radius 1 is 1.25 bits per heavy atom. The molecular weight excluding hydrogens is 356 g/mol. The fourth-order valence-corrected chi connectivity index (χ4v) is 3.60. The maximum absolute atomic E-state index is 9.89. The van der Waals surface area contributed by atoms with Gasteiger partial charge in [-0.3, -0.25) is 4.40 Å². The van der Waals surface area contributed by atoms with Crippen molar-refractivity contribution in [2.75, 3.05) is 18.4 Å². The summed E-state index contributed by atoms with van der Waals surface area (Å²) in [4.78, 5) is 13.7. The van der Waals surface area contributed by atoms with E-state index in [2.05, 4.69) is 20.6 Å². The highest BCUT2D eigenvalue weighted by Crippen LogP contribution is 2.33. The van der Waals surface area contributed by atoms with Crippen LogP contribution in [0.4, 0.5) is 5.95 Å². The molecule has 0 amide bonds. The fourth-order valence-electron chi connectivity index (χ4n) is 3.60. The normalized spacial score (nSPS) is 17.1. The molecule has 3 N–H and O–H groups in total. The zero-order valence-electron chi connectivity index (χ0n) is 15.2. The van der Waals surface area contributed by atoms with E-state index >= 15 is 0 Å². The molecule has 8 nitrogen and oxygen atoms in total. The molecule has 0 radical (unpaired) electrons. The lowest BCUT2D eigenvalue weighted by Crippen LogP contribution is -2.38. The summed E-state index contributed by atoms with van der Waals surface area (Å²) in [5.41, 5.74) is 3.01. The fraction of sp³-hybridized carbons (Fsp3) is 0.250. The summed E-state index contributed by atoms with van der Waals surface area (Å²) >= 11 is 0. The first kappa shape index (κ1) is 16.8. The molecule has 1 aliphatic rings. The van der Waals surface area contributed by atoms with Crippen LogP contribution in [0.3, 0.4) is 0 Å². The number of fused-ring (bicyclic) bond motifs is 1. The van der Waals surface area contributed by atoms with Crippen LogP contribution >= 0.6 is 0 Å². The molecule has 1 fully saturated rings. The van der Waals surface area contributed by atoms with Gasteiger partial charge in [-0.25, -0.2) is 9.97 Å². The maximum atomic E-state index is 9.89. The van der Waals surface area contributed by atoms with E-state index in [0.29, 0.717) is 23.5 Å². The average molecular weight is 376 g/mol. The zero-order valence-corrected chi connectivity index (χ0v) is 15.2. The Balaban J connectivity index is 1.58. The predicted molar refractivity (Wildman–Crippen MR) is 105 cm³/mol. The van der Waals surface area contributed by atoms with E-state index in [1.807, 2.05) is 22.7 Å². The van der Waals surface area contributed by atoms with Crippen molar-refractivity contribution < 1.29 is 9.52 Å². The number of oxazole rings is 1. The highest BCUT2D eigenvalue weighted by molar-refractivity contribution is 5.80. The molecule has 28 heavy (non-hydrogen) atoms. The van der Waals surface area contributed by atoms with Gasteiger partial charge in [0.2, 0.25) is 5.95 Å². The molecule has 1 aromatic carbocycles. The third kappa shape index (κ3) is 3.07. The van der Waals surface area contributed by atoms with Gasteiger partial charge in [0.05, 0.1) is 5.69 Å². The second-order valence-electron chi connectivity index (χ2n) is 6.87. The van der Waals surface area contributed by atoms with E-state index in [0.717, 1.165) is 42.9 Å². The number of anilines is 1. The smallest absolute Gasteiger partial charge is 0.306 e. The lowest BCUT2D eigenvalue weighted by Gasteiger charge is -2.23. The third-order valence-electron chi connectivity index (χ3n) is 4.91. The molecule has 8 heteroatoms. The standard InChI is InChI=1S/C20H20N6O2/c27-15-5-1-3-13(11-15)17-18(26-9-10-28-20(26)25-17)16-6-8-22-19(24-16)23-14-4-2-7-21-12-14/h1,3,5-6,8-11,14,21,27H,2,4,7,12H2,(H,22,23,24)/t14-/m1/s1. The number of hydrogen-bond acceptors (Lipinski definition) is 7. The van der Waals surface area contributed by atoms with E-state index in [9.17, 15) is 5.11 Å². The van der Waals surface area contributed by atoms with Gasteiger partial charge < -0.3 is 20.2 Å². The summed E-state index contributed by atoms with van der Waals surface area (Å²) < 4.78 is 7.34. The van der Waals surface area contributed by atoms with Gasteiger partial charge in [0.15, 0.2) is 0 Å². The Bertz CT molecular complexity index is 1110. The number of nitrogens with zero attached hydrogens (tertiary/aromatic N) is 4. The summed E-state index contributed by atoms with van der Waals surface area (Å²) in [7, 11) is 0. The molecule has 0 saturated carbocycles. The average Bonchev–Trinajstić information content (AvgIpc) is 3.30. The first-order chi connectivity index (χ1) is 13.8. The van der Waals surface area contributed by atoms with Crippen molar-refractivity contribution in [1.82, 2.24) is 24.7 Å². The summed E-state index contributed by atoms with van der Waals surface area (Å²) in [5, 5.41) is 16.7. The minimum absolute atomic E-state index is 0.183. The van der Waals surface area contributed by atoms with E-state index in [-0.39, 0.29) is 5.75 Å². The molecule has 0 spiro atoms. The van der Waals surface area contributed by atoms with Crippen molar-refractivity contribution in [3.8, 4) is 28.4 Å². The summed E-state index contributed by atoms with van der Waals surface area (Å²) in [5.74, 6) is 1.24. The predicted octanol–water partition coefficient (Wildman–Crippen LogP) is 2.92. The van der Waals surface area contributed by atoms with Gasteiger partial charge in [-0.05, 0) is 37.6 Å². The molecule has 4 heterocycles. The monoisotopic (exact) mass is 376 g/mol. The van der Waals surface area contributed by atoms with Crippen LogP contribution < -0.4 is 10.6 Å². The third-order valence-corrected chi connectivity index (χ3v) is 4.91. The number of nitrogens with one attached hydrogen (secondary N) is 2. The molecule has 0 aliphatic carbocycles. The Kier molecular flexibility index (Phi) is 4.17. The second-order valence-corrected chi connectivity index (χ2v) is 6.87. The Morgan fingerprint density at radius 2 is 2.21 bits per heavy atom. The van der Waals surface area contributed by atoms with Crippen molar-refractivity contribution in [3.63, 3.8) is 0 Å². The molecule has 4 aromatic rings. The van der Waals surface area contributed by atoms with Crippen molar-refractivity contribution in [2.24, 2.45) is 0 Å². The SMILES string of the molecule is Oc1cccc(-c2nc3occn3c2-c2ccnc(N[C@@H]3CCCNC3)n2)c1. The van der Waals surface area contributed by atoms with Crippen molar-refractivity contribution in [1.29, 1.82) is 0 Å². The number of rotatable bonds is 4. The van der Waals surface area contributed by atoms with Crippen LogP contribution in [-0.2, 0) is 0 Å². The van der Waals surface area contributed by atoms with Gasteiger partial charge in [-0.15, -0.1) is 0 Å². The molecule has 1 saturated heterocycles. The molecule has 142 valence electrons. The van der Waals surface area contributed by atoms with E-state index in [1.54, 1.807) is 30.7 Å². The van der Waals surface area contributed by atoms with Crippen molar-refractivity contribution >= 4 is 11.8 Å². The highest BCUT2D eigenvalue weighted by Gasteiger charge is 2.20. The number of imidazole rings is 1. The lowest BCUT2D eigenvalue weighted by molar-refractivity contribution is 0.475. The Morgan fingerprint density at radius 3 is 3.07 bits per heavy atom. The molecule has 0 bridgehead atoms. The van der Waals surface area contributed by atoms with Crippen LogP contribution in [0.1, 0.15) is 12.8 Å². The topological polar surface area (TPSA) is 101 Å². The summed E-state index contributed by atoms with van der Waals surface area (Å²) in [6.07, 6.45) is 7.37. The largest absolute Gasteiger partial charge is 0.508 e. The van der Waals surface area contributed by atoms with Crippen LogP contribution in [0, 0.1) is 0 Å². The lowest BCUT2D eigenvalue weighted by atomic mass is 10.1. The highest BCUT2D eigenvalue weighted by atomic mass is 16.3. The Hall–Kier alpha value is -3.39. The number of aromatic nitrogens is 4. The van der Waals surface area contributed by atoms with Crippen LogP contribution in [-0.4, -0.2) is 43.6 Å². The second kappa shape index (κ2) is 6.97. The van der Waals surface area contributed by atoms with Gasteiger partial charge in [0, 0.05) is 30.5 Å². The number of phenolic OH excluding ortho intramolecular Hbond substituents is 1. The minimum atomic E-state index is 0.183. The van der Waals surface area contributed by atoms with Gasteiger partial charge in [0.1, 0.15) is 23.4 Å². The molecule has 1 atom stereocenters. The number of phenols is 1. The van der Waals surface area contributed by atoms with E-state index in [1.165, 1.54) is 0 Å². The van der Waals surface area contributed by atoms with Crippen LogP contribution in [0.2, 0.25) is 0 Å². The van der Waals surface area contributed by atoms with Crippen LogP contribution in [0.15, 0.2) is 53.4 Å². The van der Waals surface area contributed by atoms with Gasteiger partial charge in [0.25, 0.3) is 0 Å². The molecular formula is C20H20N6O2. The quantitative estimate of drug-likeness (QED) is 0.503. The maximum Gasteiger partial charge on any atom is 0.306 e. The Labute approximate surface area is 161 Å². The van der Waals surface area contributed by atoms with Crippen LogP contribution in [0.5, 0.6) is 5.75 Å². The number of aromatic hydroxyl groups is 1.